The SMILES string of the molecule is CCCCC/C=C\C/C=C\C/C=C\C/C=C\CCCCCC(=O)OC[C@@H](COC(=O)CCCCCCCCC/C=C\CCCCCCCC)OC(=O)CCCCCCCCCCC/C=C\C/C=C\CCCCC. The molecule has 6 nitrogen and oxygen atoms in total. The Morgan fingerprint density at radius 2 is 0.493 bits per heavy atom. The maximum atomic E-state index is 12.9. The first-order valence-corrected chi connectivity index (χ1v) is 31.1. The highest BCUT2D eigenvalue weighted by Gasteiger charge is 2.19. The zero-order chi connectivity index (χ0) is 52.9. The zero-order valence-electron chi connectivity index (χ0n) is 48.1. The molecule has 0 aromatic heterocycles. The molecule has 73 heavy (non-hydrogen) atoms. The Labute approximate surface area is 452 Å². The topological polar surface area (TPSA) is 78.9 Å². The van der Waals surface area contributed by atoms with E-state index in [2.05, 4.69) is 106 Å². The van der Waals surface area contributed by atoms with Crippen molar-refractivity contribution in [3.05, 3.63) is 85.1 Å². The Morgan fingerprint density at radius 3 is 0.822 bits per heavy atom. The summed E-state index contributed by atoms with van der Waals surface area (Å²) in [7, 11) is 0. The van der Waals surface area contributed by atoms with E-state index >= 15 is 0 Å². The van der Waals surface area contributed by atoms with Gasteiger partial charge in [-0.15, -0.1) is 0 Å². The minimum atomic E-state index is -0.795. The molecule has 420 valence electrons. The molecule has 0 radical (unpaired) electrons. The van der Waals surface area contributed by atoms with E-state index in [1.807, 2.05) is 0 Å². The van der Waals surface area contributed by atoms with Gasteiger partial charge in [-0.3, -0.25) is 14.4 Å². The summed E-state index contributed by atoms with van der Waals surface area (Å²) < 4.78 is 16.9. The van der Waals surface area contributed by atoms with Gasteiger partial charge in [0, 0.05) is 19.3 Å². The predicted octanol–water partition coefficient (Wildman–Crippen LogP) is 21.1. The number of ether oxygens (including phenoxy) is 3. The van der Waals surface area contributed by atoms with Gasteiger partial charge in [-0.25, -0.2) is 0 Å². The molecule has 0 bridgehead atoms. The summed E-state index contributed by atoms with van der Waals surface area (Å²) in [5, 5.41) is 0. The first-order valence-electron chi connectivity index (χ1n) is 31.1. The van der Waals surface area contributed by atoms with E-state index in [1.54, 1.807) is 0 Å². The second-order valence-electron chi connectivity index (χ2n) is 20.6. The van der Waals surface area contributed by atoms with Gasteiger partial charge in [0.15, 0.2) is 6.10 Å². The van der Waals surface area contributed by atoms with Crippen LogP contribution in [0.5, 0.6) is 0 Å². The molecule has 0 aliphatic heterocycles. The van der Waals surface area contributed by atoms with Crippen LogP contribution in [0.25, 0.3) is 0 Å². The molecule has 0 aliphatic carbocycles. The van der Waals surface area contributed by atoms with Crippen LogP contribution < -0.4 is 0 Å². The molecule has 0 amide bonds. The average Bonchev–Trinajstić information content (AvgIpc) is 3.39. The third kappa shape index (κ3) is 59.3. The van der Waals surface area contributed by atoms with Crippen molar-refractivity contribution >= 4 is 17.9 Å². The highest BCUT2D eigenvalue weighted by Crippen LogP contribution is 2.15. The summed E-state index contributed by atoms with van der Waals surface area (Å²) in [5.74, 6) is -0.920. The van der Waals surface area contributed by atoms with Crippen molar-refractivity contribution in [3.63, 3.8) is 0 Å². The number of hydrogen-bond acceptors (Lipinski definition) is 6. The molecule has 0 N–H and O–H groups in total. The lowest BCUT2D eigenvalue weighted by Gasteiger charge is -2.18. The number of carbonyl (C=O) groups excluding carboxylic acids is 3. The Hall–Kier alpha value is -3.41. The van der Waals surface area contributed by atoms with E-state index in [1.165, 1.54) is 173 Å². The number of esters is 3. The Kier molecular flexibility index (Phi) is 58.3. The molecule has 0 fully saturated rings. The Bertz CT molecular complexity index is 1400. The summed E-state index contributed by atoms with van der Waals surface area (Å²) in [6, 6.07) is 0. The van der Waals surface area contributed by atoms with Crippen molar-refractivity contribution in [2.45, 2.75) is 309 Å². The van der Waals surface area contributed by atoms with Gasteiger partial charge in [0.2, 0.25) is 0 Å². The van der Waals surface area contributed by atoms with Crippen LogP contribution in [0, 0.1) is 0 Å². The van der Waals surface area contributed by atoms with Gasteiger partial charge in [0.1, 0.15) is 13.2 Å². The first kappa shape index (κ1) is 69.6. The normalized spacial score (nSPS) is 12.6. The fourth-order valence-corrected chi connectivity index (χ4v) is 8.63. The quantitative estimate of drug-likeness (QED) is 0.0261. The zero-order valence-corrected chi connectivity index (χ0v) is 48.1. The molecular weight excluding hydrogens is 901 g/mol. The van der Waals surface area contributed by atoms with Gasteiger partial charge in [0.25, 0.3) is 0 Å². The van der Waals surface area contributed by atoms with Crippen LogP contribution in [0.1, 0.15) is 303 Å². The second kappa shape index (κ2) is 61.1. The number of hydrogen-bond donors (Lipinski definition) is 0. The number of carbonyl (C=O) groups is 3. The van der Waals surface area contributed by atoms with Crippen LogP contribution in [-0.4, -0.2) is 37.2 Å². The smallest absolute Gasteiger partial charge is 0.306 e. The van der Waals surface area contributed by atoms with Crippen molar-refractivity contribution in [1.82, 2.24) is 0 Å². The molecule has 0 aliphatic rings. The summed E-state index contributed by atoms with van der Waals surface area (Å²) in [6.45, 7) is 6.57. The maximum absolute atomic E-state index is 12.9. The molecule has 0 saturated carbocycles. The van der Waals surface area contributed by atoms with Crippen molar-refractivity contribution in [2.75, 3.05) is 13.2 Å². The van der Waals surface area contributed by atoms with Crippen molar-refractivity contribution < 1.29 is 28.6 Å². The molecule has 0 rings (SSSR count). The fourth-order valence-electron chi connectivity index (χ4n) is 8.63. The van der Waals surface area contributed by atoms with Crippen LogP contribution in [0.15, 0.2) is 85.1 Å². The van der Waals surface area contributed by atoms with Crippen molar-refractivity contribution in [1.29, 1.82) is 0 Å². The lowest BCUT2D eigenvalue weighted by atomic mass is 10.1. The monoisotopic (exact) mass is 1020 g/mol. The molecule has 0 aromatic rings. The van der Waals surface area contributed by atoms with Crippen LogP contribution >= 0.6 is 0 Å². The van der Waals surface area contributed by atoms with Crippen molar-refractivity contribution in [3.8, 4) is 0 Å². The highest BCUT2D eigenvalue weighted by atomic mass is 16.6. The highest BCUT2D eigenvalue weighted by molar-refractivity contribution is 5.71. The van der Waals surface area contributed by atoms with Crippen LogP contribution in [0.4, 0.5) is 0 Å². The molecule has 0 saturated heterocycles. The van der Waals surface area contributed by atoms with Gasteiger partial charge in [-0.05, 0) is 122 Å². The number of unbranched alkanes of at least 4 members (excludes halogenated alkanes) is 31. The number of rotatable bonds is 56. The predicted molar refractivity (Wildman–Crippen MR) is 316 cm³/mol. The lowest BCUT2D eigenvalue weighted by molar-refractivity contribution is -0.167. The standard InChI is InChI=1S/C67H116O6/c1-4-7-10-13-16-19-22-25-28-31-33-36-39-42-45-48-51-54-57-60-66(69)72-63-64(62-71-65(68)59-56-53-50-47-44-41-38-35-30-27-24-21-18-15-12-9-6-3)73-67(70)61-58-55-52-49-46-43-40-37-34-32-29-26-23-20-17-14-11-8-5-2/h16-17,19-20,25-30,33,36,42,45,64H,4-15,18,21-24,31-32,34-35,37-41,43-44,46-63H2,1-3H3/b19-16-,20-17-,28-25-,29-26-,30-27-,36-33-,45-42-/t64-/m1/s1. The molecule has 0 aromatic carbocycles. The van der Waals surface area contributed by atoms with Gasteiger partial charge in [-0.2, -0.15) is 0 Å². The van der Waals surface area contributed by atoms with E-state index in [0.717, 1.165) is 89.9 Å². The van der Waals surface area contributed by atoms with E-state index in [4.69, 9.17) is 14.2 Å². The van der Waals surface area contributed by atoms with Crippen LogP contribution in [0.2, 0.25) is 0 Å². The minimum Gasteiger partial charge on any atom is -0.462 e. The van der Waals surface area contributed by atoms with Gasteiger partial charge in [0.05, 0.1) is 0 Å². The summed E-state index contributed by atoms with van der Waals surface area (Å²) in [6.07, 6.45) is 80.0. The van der Waals surface area contributed by atoms with E-state index in [-0.39, 0.29) is 31.1 Å². The first-order chi connectivity index (χ1) is 36.0. The molecular formula is C67H116O6. The minimum absolute atomic E-state index is 0.0901. The van der Waals surface area contributed by atoms with Gasteiger partial charge in [-0.1, -0.05) is 247 Å². The fraction of sp³-hybridized carbons (Fsp3) is 0.746. The maximum Gasteiger partial charge on any atom is 0.306 e. The van der Waals surface area contributed by atoms with Gasteiger partial charge < -0.3 is 14.2 Å². The number of allylic oxidation sites excluding steroid dienone is 14. The lowest BCUT2D eigenvalue weighted by Crippen LogP contribution is -2.30. The molecule has 0 heterocycles. The average molecular weight is 1020 g/mol. The summed E-state index contributed by atoms with van der Waals surface area (Å²) in [4.78, 5) is 38.3. The Morgan fingerprint density at radius 1 is 0.274 bits per heavy atom. The van der Waals surface area contributed by atoms with Crippen LogP contribution in [0.3, 0.4) is 0 Å². The van der Waals surface area contributed by atoms with Crippen molar-refractivity contribution in [2.24, 2.45) is 0 Å². The molecule has 0 spiro atoms. The summed E-state index contributed by atoms with van der Waals surface area (Å²) >= 11 is 0. The van der Waals surface area contributed by atoms with Crippen LogP contribution in [-0.2, 0) is 28.6 Å². The van der Waals surface area contributed by atoms with E-state index in [9.17, 15) is 14.4 Å². The Balaban J connectivity index is 4.45. The molecule has 6 heteroatoms. The van der Waals surface area contributed by atoms with Gasteiger partial charge >= 0.3 is 17.9 Å². The third-order valence-electron chi connectivity index (χ3n) is 13.3. The summed E-state index contributed by atoms with van der Waals surface area (Å²) in [5.41, 5.74) is 0. The third-order valence-corrected chi connectivity index (χ3v) is 13.3. The van der Waals surface area contributed by atoms with E-state index in [0.29, 0.717) is 19.3 Å². The second-order valence-corrected chi connectivity index (χ2v) is 20.6. The largest absolute Gasteiger partial charge is 0.462 e. The molecule has 1 atom stereocenters. The molecule has 0 unspecified atom stereocenters. The van der Waals surface area contributed by atoms with E-state index < -0.39 is 6.10 Å².